The van der Waals surface area contributed by atoms with Gasteiger partial charge in [-0.2, -0.15) is 0 Å². The lowest BCUT2D eigenvalue weighted by Gasteiger charge is -2.10. The molecule has 2 aromatic heterocycles. The molecule has 0 saturated heterocycles. The zero-order valence-corrected chi connectivity index (χ0v) is 13.9. The van der Waals surface area contributed by atoms with Gasteiger partial charge in [-0.25, -0.2) is 0 Å². The number of hydrogen-bond donors (Lipinski definition) is 2. The van der Waals surface area contributed by atoms with Gasteiger partial charge in [0.15, 0.2) is 0 Å². The summed E-state index contributed by atoms with van der Waals surface area (Å²) < 4.78 is 2.30. The predicted octanol–water partition coefficient (Wildman–Crippen LogP) is 3.42. The maximum Gasteiger partial charge on any atom is 0.0681 e. The van der Waals surface area contributed by atoms with E-state index in [1.807, 2.05) is 12.1 Å². The predicted molar refractivity (Wildman–Crippen MR) is 95.6 cm³/mol. The maximum absolute atomic E-state index is 9.05. The van der Waals surface area contributed by atoms with E-state index in [0.717, 1.165) is 31.6 Å². The van der Waals surface area contributed by atoms with Crippen LogP contribution in [0.15, 0.2) is 60.1 Å². The molecule has 0 aliphatic heterocycles. The van der Waals surface area contributed by atoms with Crippen LogP contribution in [0.5, 0.6) is 0 Å². The van der Waals surface area contributed by atoms with Gasteiger partial charge in [-0.05, 0) is 47.7 Å². The van der Waals surface area contributed by atoms with Gasteiger partial charge in [0.1, 0.15) is 0 Å². The van der Waals surface area contributed by atoms with Crippen LogP contribution in [0.3, 0.4) is 0 Å². The van der Waals surface area contributed by atoms with E-state index in [1.54, 1.807) is 11.3 Å². The molecule has 3 nitrogen and oxygen atoms in total. The lowest BCUT2D eigenvalue weighted by molar-refractivity contribution is 0.282. The summed E-state index contributed by atoms with van der Waals surface area (Å²) in [6.45, 7) is 2.89. The second-order valence-corrected chi connectivity index (χ2v) is 6.64. The summed E-state index contributed by atoms with van der Waals surface area (Å²) in [6.07, 6.45) is 3.14. The van der Waals surface area contributed by atoms with E-state index >= 15 is 0 Å². The minimum absolute atomic E-state index is 0.111. The first-order chi connectivity index (χ1) is 11.3. The second kappa shape index (κ2) is 8.11. The molecule has 0 radical (unpaired) electrons. The quantitative estimate of drug-likeness (QED) is 0.622. The molecule has 0 aliphatic rings. The van der Waals surface area contributed by atoms with Crippen LogP contribution < -0.4 is 5.32 Å². The van der Waals surface area contributed by atoms with Crippen molar-refractivity contribution in [2.45, 2.75) is 26.1 Å². The van der Waals surface area contributed by atoms with Gasteiger partial charge in [0.25, 0.3) is 0 Å². The lowest BCUT2D eigenvalue weighted by atomic mass is 10.1. The minimum Gasteiger partial charge on any atom is -0.392 e. The van der Waals surface area contributed by atoms with Gasteiger partial charge in [-0.3, -0.25) is 0 Å². The van der Waals surface area contributed by atoms with Gasteiger partial charge in [0, 0.05) is 23.3 Å². The molecule has 0 bridgehead atoms. The summed E-state index contributed by atoms with van der Waals surface area (Å²) in [5, 5.41) is 14.7. The van der Waals surface area contributed by atoms with E-state index in [9.17, 15) is 0 Å². The fourth-order valence-corrected chi connectivity index (χ4v) is 3.30. The number of aliphatic hydroxyl groups is 1. The Kier molecular flexibility index (Phi) is 5.64. The molecule has 2 heterocycles. The van der Waals surface area contributed by atoms with E-state index in [1.165, 1.54) is 16.1 Å². The summed E-state index contributed by atoms with van der Waals surface area (Å²) in [6, 6.07) is 16.7. The monoisotopic (exact) mass is 326 g/mol. The number of hydrogen-bond acceptors (Lipinski definition) is 3. The Morgan fingerprint density at radius 2 is 1.83 bits per heavy atom. The van der Waals surface area contributed by atoms with Gasteiger partial charge in [-0.1, -0.05) is 30.3 Å². The van der Waals surface area contributed by atoms with Crippen molar-refractivity contribution in [3.05, 3.63) is 81.8 Å². The van der Waals surface area contributed by atoms with Crippen molar-refractivity contribution in [2.75, 3.05) is 6.54 Å². The Morgan fingerprint density at radius 3 is 2.57 bits per heavy atom. The van der Waals surface area contributed by atoms with Crippen LogP contribution in [-0.2, 0) is 26.1 Å². The van der Waals surface area contributed by atoms with Gasteiger partial charge in [0.05, 0.1) is 13.2 Å². The Bertz CT molecular complexity index is 701. The molecule has 3 aromatic rings. The molecule has 0 spiro atoms. The molecule has 0 fully saturated rings. The van der Waals surface area contributed by atoms with E-state index in [4.69, 9.17) is 5.11 Å². The van der Waals surface area contributed by atoms with Crippen molar-refractivity contribution in [2.24, 2.45) is 0 Å². The third kappa shape index (κ3) is 4.55. The molecular weight excluding hydrogens is 304 g/mol. The number of benzene rings is 1. The average Bonchev–Trinajstić information content (AvgIpc) is 3.25. The standard InChI is InChI=1S/C19H22N2OS/c22-15-17-7-5-16(6-8-17)9-10-20-13-18-3-1-11-21(18)14-19-4-2-12-23-19/h1-8,11-12,20,22H,9-10,13-15H2. The molecule has 0 atom stereocenters. The Balaban J connectivity index is 1.46. The number of nitrogens with one attached hydrogen (secondary N) is 1. The minimum atomic E-state index is 0.111. The van der Waals surface area contributed by atoms with Crippen LogP contribution in [0.4, 0.5) is 0 Å². The molecule has 1 aromatic carbocycles. The molecular formula is C19H22N2OS. The molecule has 0 aliphatic carbocycles. The van der Waals surface area contributed by atoms with E-state index in [2.05, 4.69) is 57.9 Å². The lowest BCUT2D eigenvalue weighted by Crippen LogP contribution is -2.19. The molecule has 0 amide bonds. The number of rotatable bonds is 8. The van der Waals surface area contributed by atoms with Crippen LogP contribution in [-0.4, -0.2) is 16.2 Å². The van der Waals surface area contributed by atoms with Crippen LogP contribution in [0.2, 0.25) is 0 Å². The highest BCUT2D eigenvalue weighted by atomic mass is 32.1. The number of thiophene rings is 1. The van der Waals surface area contributed by atoms with E-state index in [0.29, 0.717) is 0 Å². The largest absolute Gasteiger partial charge is 0.392 e. The van der Waals surface area contributed by atoms with Gasteiger partial charge in [-0.15, -0.1) is 11.3 Å². The van der Waals surface area contributed by atoms with Crippen LogP contribution in [0, 0.1) is 0 Å². The van der Waals surface area contributed by atoms with E-state index < -0.39 is 0 Å². The van der Waals surface area contributed by atoms with Crippen molar-refractivity contribution >= 4 is 11.3 Å². The summed E-state index contributed by atoms with van der Waals surface area (Å²) in [5.41, 5.74) is 3.57. The fourth-order valence-electron chi connectivity index (χ4n) is 2.60. The van der Waals surface area contributed by atoms with Crippen LogP contribution in [0.25, 0.3) is 0 Å². The van der Waals surface area contributed by atoms with Crippen molar-refractivity contribution in [1.82, 2.24) is 9.88 Å². The zero-order chi connectivity index (χ0) is 15.9. The van der Waals surface area contributed by atoms with Crippen molar-refractivity contribution in [3.63, 3.8) is 0 Å². The normalized spacial score (nSPS) is 11.0. The molecule has 23 heavy (non-hydrogen) atoms. The molecule has 0 unspecified atom stereocenters. The van der Waals surface area contributed by atoms with Gasteiger partial charge >= 0.3 is 0 Å². The summed E-state index contributed by atoms with van der Waals surface area (Å²) in [4.78, 5) is 1.38. The Morgan fingerprint density at radius 1 is 1.00 bits per heavy atom. The van der Waals surface area contributed by atoms with E-state index in [-0.39, 0.29) is 6.61 Å². The zero-order valence-electron chi connectivity index (χ0n) is 13.1. The smallest absolute Gasteiger partial charge is 0.0681 e. The Labute approximate surface area is 141 Å². The molecule has 4 heteroatoms. The topological polar surface area (TPSA) is 37.2 Å². The summed E-state index contributed by atoms with van der Waals surface area (Å²) in [7, 11) is 0. The first kappa shape index (κ1) is 16.0. The van der Waals surface area contributed by atoms with Gasteiger partial charge < -0.3 is 15.0 Å². The maximum atomic E-state index is 9.05. The molecule has 120 valence electrons. The highest BCUT2D eigenvalue weighted by molar-refractivity contribution is 7.09. The number of aliphatic hydroxyl groups excluding tert-OH is 1. The SMILES string of the molecule is OCc1ccc(CCNCc2cccn2Cc2cccs2)cc1. The highest BCUT2D eigenvalue weighted by Gasteiger charge is 2.02. The van der Waals surface area contributed by atoms with Crippen molar-refractivity contribution < 1.29 is 5.11 Å². The fraction of sp³-hybridized carbons (Fsp3) is 0.263. The molecule has 2 N–H and O–H groups in total. The molecule has 0 saturated carbocycles. The summed E-state index contributed by atoms with van der Waals surface area (Å²) in [5.74, 6) is 0. The third-order valence-electron chi connectivity index (χ3n) is 3.93. The first-order valence-corrected chi connectivity index (χ1v) is 8.79. The first-order valence-electron chi connectivity index (χ1n) is 7.91. The second-order valence-electron chi connectivity index (χ2n) is 5.61. The van der Waals surface area contributed by atoms with Crippen LogP contribution >= 0.6 is 11.3 Å². The molecule has 3 rings (SSSR count). The van der Waals surface area contributed by atoms with Crippen molar-refractivity contribution in [1.29, 1.82) is 0 Å². The Hall–Kier alpha value is -1.88. The highest BCUT2D eigenvalue weighted by Crippen LogP contribution is 2.13. The van der Waals surface area contributed by atoms with Crippen molar-refractivity contribution in [3.8, 4) is 0 Å². The van der Waals surface area contributed by atoms with Gasteiger partial charge in [0.2, 0.25) is 0 Å². The summed E-state index contributed by atoms with van der Waals surface area (Å²) >= 11 is 1.80. The average molecular weight is 326 g/mol. The number of aromatic nitrogens is 1. The van der Waals surface area contributed by atoms with Crippen LogP contribution in [0.1, 0.15) is 21.7 Å². The number of nitrogens with zero attached hydrogens (tertiary/aromatic N) is 1. The third-order valence-corrected chi connectivity index (χ3v) is 4.79.